The van der Waals surface area contributed by atoms with E-state index in [1.165, 1.54) is 0 Å². The molecule has 0 saturated heterocycles. The van der Waals surface area contributed by atoms with Crippen LogP contribution in [0.4, 0.5) is 0 Å². The van der Waals surface area contributed by atoms with Crippen molar-refractivity contribution in [3.63, 3.8) is 0 Å². The molecule has 1 aromatic carbocycles. The zero-order valence-electron chi connectivity index (χ0n) is 10.2. The van der Waals surface area contributed by atoms with Gasteiger partial charge in [-0.3, -0.25) is 4.79 Å². The molecular formula is C13H20N2O2. The Hall–Kier alpha value is -1.39. The molecule has 0 aliphatic heterocycles. The van der Waals surface area contributed by atoms with E-state index in [0.717, 1.165) is 12.0 Å². The molecule has 4 heteroatoms. The molecule has 4 nitrogen and oxygen atoms in total. The predicted octanol–water partition coefficient (Wildman–Crippen LogP) is 1.23. The fourth-order valence-electron chi connectivity index (χ4n) is 1.53. The number of ether oxygens (including phenoxy) is 1. The van der Waals surface area contributed by atoms with Crippen molar-refractivity contribution in [2.24, 2.45) is 5.73 Å². The summed E-state index contributed by atoms with van der Waals surface area (Å²) < 4.78 is 4.90. The zero-order valence-corrected chi connectivity index (χ0v) is 10.2. The summed E-state index contributed by atoms with van der Waals surface area (Å²) in [5, 5.41) is 2.82. The van der Waals surface area contributed by atoms with Crippen LogP contribution in [0.1, 0.15) is 24.4 Å². The summed E-state index contributed by atoms with van der Waals surface area (Å²) in [5.74, 6) is -0.0162. The minimum Gasteiger partial charge on any atom is -0.385 e. The summed E-state index contributed by atoms with van der Waals surface area (Å²) in [7, 11) is 1.65. The molecule has 0 heterocycles. The molecule has 1 amide bonds. The Morgan fingerprint density at radius 2 is 2.12 bits per heavy atom. The van der Waals surface area contributed by atoms with E-state index in [2.05, 4.69) is 5.32 Å². The Labute approximate surface area is 102 Å². The van der Waals surface area contributed by atoms with Gasteiger partial charge >= 0.3 is 0 Å². The Morgan fingerprint density at radius 1 is 1.41 bits per heavy atom. The number of nitrogens with two attached hydrogens (primary N) is 1. The van der Waals surface area contributed by atoms with Crippen molar-refractivity contribution in [2.75, 3.05) is 20.3 Å². The summed E-state index contributed by atoms with van der Waals surface area (Å²) in [5.41, 5.74) is 6.93. The Balaban J connectivity index is 2.26. The third kappa shape index (κ3) is 5.47. The van der Waals surface area contributed by atoms with Gasteiger partial charge in [0.15, 0.2) is 0 Å². The molecule has 0 aromatic heterocycles. The molecule has 0 unspecified atom stereocenters. The number of rotatable bonds is 7. The van der Waals surface area contributed by atoms with Gasteiger partial charge < -0.3 is 15.8 Å². The maximum Gasteiger partial charge on any atom is 0.221 e. The van der Waals surface area contributed by atoms with Gasteiger partial charge in [-0.05, 0) is 12.0 Å². The van der Waals surface area contributed by atoms with E-state index in [1.54, 1.807) is 7.11 Å². The lowest BCUT2D eigenvalue weighted by Gasteiger charge is -2.11. The Morgan fingerprint density at radius 3 is 2.76 bits per heavy atom. The van der Waals surface area contributed by atoms with Crippen molar-refractivity contribution in [3.8, 4) is 0 Å². The largest absolute Gasteiger partial charge is 0.385 e. The van der Waals surface area contributed by atoms with Crippen LogP contribution in [0.15, 0.2) is 30.3 Å². The number of carbonyl (C=O) groups excluding carboxylic acids is 1. The zero-order chi connectivity index (χ0) is 12.5. The molecule has 0 aliphatic rings. The van der Waals surface area contributed by atoms with Crippen LogP contribution in [-0.2, 0) is 9.53 Å². The first-order valence-electron chi connectivity index (χ1n) is 5.80. The van der Waals surface area contributed by atoms with Crippen molar-refractivity contribution in [1.82, 2.24) is 5.32 Å². The molecule has 1 atom stereocenters. The van der Waals surface area contributed by atoms with Gasteiger partial charge in [0.1, 0.15) is 0 Å². The summed E-state index contributed by atoms with van der Waals surface area (Å²) in [4.78, 5) is 11.6. The lowest BCUT2D eigenvalue weighted by molar-refractivity contribution is -0.121. The van der Waals surface area contributed by atoms with Gasteiger partial charge in [-0.25, -0.2) is 0 Å². The maximum absolute atomic E-state index is 11.6. The van der Waals surface area contributed by atoms with Crippen LogP contribution in [0.2, 0.25) is 0 Å². The fraction of sp³-hybridized carbons (Fsp3) is 0.462. The van der Waals surface area contributed by atoms with Gasteiger partial charge in [0.05, 0.1) is 0 Å². The summed E-state index contributed by atoms with van der Waals surface area (Å²) in [6.07, 6.45) is 1.14. The summed E-state index contributed by atoms with van der Waals surface area (Å²) in [6, 6.07) is 9.41. The predicted molar refractivity (Wildman–Crippen MR) is 67.5 cm³/mol. The molecule has 1 aromatic rings. The molecule has 3 N–H and O–H groups in total. The highest BCUT2D eigenvalue weighted by atomic mass is 16.5. The van der Waals surface area contributed by atoms with Gasteiger partial charge in [0.25, 0.3) is 0 Å². The van der Waals surface area contributed by atoms with Gasteiger partial charge in [-0.15, -0.1) is 0 Å². The van der Waals surface area contributed by atoms with Gasteiger partial charge in [-0.2, -0.15) is 0 Å². The van der Waals surface area contributed by atoms with Crippen LogP contribution in [0, 0.1) is 0 Å². The second kappa shape index (κ2) is 7.81. The molecule has 0 saturated carbocycles. The molecule has 17 heavy (non-hydrogen) atoms. The third-order valence-electron chi connectivity index (χ3n) is 2.48. The van der Waals surface area contributed by atoms with Crippen LogP contribution >= 0.6 is 0 Å². The van der Waals surface area contributed by atoms with Crippen LogP contribution in [0.25, 0.3) is 0 Å². The molecule has 0 fully saturated rings. The van der Waals surface area contributed by atoms with E-state index in [0.29, 0.717) is 19.6 Å². The third-order valence-corrected chi connectivity index (χ3v) is 2.48. The minimum absolute atomic E-state index is 0.0162. The van der Waals surface area contributed by atoms with E-state index in [9.17, 15) is 4.79 Å². The summed E-state index contributed by atoms with van der Waals surface area (Å²) >= 11 is 0. The van der Waals surface area contributed by atoms with Crippen molar-refractivity contribution in [3.05, 3.63) is 35.9 Å². The van der Waals surface area contributed by atoms with E-state index >= 15 is 0 Å². The average molecular weight is 236 g/mol. The Bertz CT molecular complexity index is 327. The van der Waals surface area contributed by atoms with Crippen LogP contribution in [0.3, 0.4) is 0 Å². The smallest absolute Gasteiger partial charge is 0.221 e. The van der Waals surface area contributed by atoms with Crippen molar-refractivity contribution >= 4 is 5.91 Å². The first-order valence-corrected chi connectivity index (χ1v) is 5.80. The monoisotopic (exact) mass is 236 g/mol. The number of hydrogen-bond donors (Lipinski definition) is 2. The summed E-state index contributed by atoms with van der Waals surface area (Å²) in [6.45, 7) is 1.29. The van der Waals surface area contributed by atoms with Crippen molar-refractivity contribution < 1.29 is 9.53 Å². The number of benzene rings is 1. The molecule has 0 spiro atoms. The molecule has 0 radical (unpaired) electrons. The van der Waals surface area contributed by atoms with Crippen molar-refractivity contribution in [1.29, 1.82) is 0 Å². The number of methoxy groups -OCH3 is 1. The number of carbonyl (C=O) groups is 1. The van der Waals surface area contributed by atoms with Gasteiger partial charge in [-0.1, -0.05) is 30.3 Å². The second-order valence-electron chi connectivity index (χ2n) is 3.92. The first kappa shape index (κ1) is 13.7. The highest BCUT2D eigenvalue weighted by Crippen LogP contribution is 2.12. The van der Waals surface area contributed by atoms with E-state index in [-0.39, 0.29) is 11.9 Å². The normalized spacial score (nSPS) is 12.1. The molecule has 1 rings (SSSR count). The highest BCUT2D eigenvalue weighted by molar-refractivity contribution is 5.76. The topological polar surface area (TPSA) is 64.3 Å². The quantitative estimate of drug-likeness (QED) is 0.700. The SMILES string of the molecule is COCCCNC(=O)C[C@H](N)c1ccccc1. The first-order chi connectivity index (χ1) is 8.24. The lowest BCUT2D eigenvalue weighted by atomic mass is 10.0. The molecule has 94 valence electrons. The lowest BCUT2D eigenvalue weighted by Crippen LogP contribution is -2.28. The standard InChI is InChI=1S/C13H20N2O2/c1-17-9-5-8-15-13(16)10-12(14)11-6-3-2-4-7-11/h2-4,6-7,12H,5,8-10,14H2,1H3,(H,15,16)/t12-/m0/s1. The van der Waals surface area contributed by atoms with E-state index < -0.39 is 0 Å². The molecule has 0 bridgehead atoms. The number of nitrogens with one attached hydrogen (secondary N) is 1. The number of amides is 1. The average Bonchev–Trinajstić information content (AvgIpc) is 2.36. The van der Waals surface area contributed by atoms with Crippen LogP contribution in [0.5, 0.6) is 0 Å². The molecular weight excluding hydrogens is 216 g/mol. The maximum atomic E-state index is 11.6. The van der Waals surface area contributed by atoms with Crippen LogP contribution < -0.4 is 11.1 Å². The second-order valence-corrected chi connectivity index (χ2v) is 3.92. The number of hydrogen-bond acceptors (Lipinski definition) is 3. The van der Waals surface area contributed by atoms with E-state index in [4.69, 9.17) is 10.5 Å². The van der Waals surface area contributed by atoms with Gasteiger partial charge in [0.2, 0.25) is 5.91 Å². The van der Waals surface area contributed by atoms with Crippen molar-refractivity contribution in [2.45, 2.75) is 18.9 Å². The Kier molecular flexibility index (Phi) is 6.29. The van der Waals surface area contributed by atoms with E-state index in [1.807, 2.05) is 30.3 Å². The van der Waals surface area contributed by atoms with Crippen LogP contribution in [-0.4, -0.2) is 26.2 Å². The fourth-order valence-corrected chi connectivity index (χ4v) is 1.53. The van der Waals surface area contributed by atoms with Gasteiger partial charge in [0, 0.05) is 32.7 Å². The molecule has 0 aliphatic carbocycles. The highest BCUT2D eigenvalue weighted by Gasteiger charge is 2.10. The minimum atomic E-state index is -0.237.